The number of carbonyl (C=O) groups excluding carboxylic acids is 1. The molecule has 100 valence electrons. The van der Waals surface area contributed by atoms with Crippen LogP contribution in [-0.4, -0.2) is 22.9 Å². The maximum absolute atomic E-state index is 11.7. The zero-order valence-electron chi connectivity index (χ0n) is 11.1. The molecule has 1 aromatic heterocycles. The first-order valence-corrected chi connectivity index (χ1v) is 6.36. The Morgan fingerprint density at radius 1 is 1.15 bits per heavy atom. The van der Waals surface area contributed by atoms with Crippen molar-refractivity contribution in [1.29, 1.82) is 0 Å². The largest absolute Gasteiger partial charge is 0.465 e. The maximum atomic E-state index is 11.7. The van der Waals surface area contributed by atoms with Gasteiger partial charge in [0, 0.05) is 5.39 Å². The molecule has 4 heteroatoms. The van der Waals surface area contributed by atoms with E-state index in [4.69, 9.17) is 4.74 Å². The van der Waals surface area contributed by atoms with Crippen LogP contribution < -0.4 is 0 Å². The standard InChI is InChI=1S/C16H14N2O2/c1-20-16(19)13-8-5-9-15-14(13)10-17-18(15)11-12-6-3-2-4-7-12/h2-10H,11H2,1H3. The number of nitrogens with zero attached hydrogens (tertiary/aromatic N) is 2. The van der Waals surface area contributed by atoms with Crippen LogP contribution in [0, 0.1) is 0 Å². The van der Waals surface area contributed by atoms with Gasteiger partial charge in [0.1, 0.15) is 0 Å². The average Bonchev–Trinajstić information content (AvgIpc) is 2.91. The van der Waals surface area contributed by atoms with E-state index in [1.54, 1.807) is 12.3 Å². The molecule has 0 saturated heterocycles. The molecule has 3 rings (SSSR count). The summed E-state index contributed by atoms with van der Waals surface area (Å²) in [5.41, 5.74) is 2.64. The lowest BCUT2D eigenvalue weighted by Gasteiger charge is -2.05. The number of hydrogen-bond acceptors (Lipinski definition) is 3. The Hall–Kier alpha value is -2.62. The molecule has 3 aromatic rings. The van der Waals surface area contributed by atoms with Gasteiger partial charge in [0.25, 0.3) is 0 Å². The van der Waals surface area contributed by atoms with Gasteiger partial charge in [0.05, 0.1) is 30.9 Å². The minimum absolute atomic E-state index is 0.338. The van der Waals surface area contributed by atoms with Crippen molar-refractivity contribution in [2.75, 3.05) is 7.11 Å². The molecule has 20 heavy (non-hydrogen) atoms. The SMILES string of the molecule is COC(=O)c1cccc2c1cnn2Cc1ccccc1. The first kappa shape index (κ1) is 12.4. The normalized spacial score (nSPS) is 10.7. The lowest BCUT2D eigenvalue weighted by atomic mass is 10.1. The van der Waals surface area contributed by atoms with Crippen molar-refractivity contribution in [3.63, 3.8) is 0 Å². The number of aromatic nitrogens is 2. The second-order valence-electron chi connectivity index (χ2n) is 4.52. The highest BCUT2D eigenvalue weighted by atomic mass is 16.5. The number of carbonyl (C=O) groups is 1. The predicted octanol–water partition coefficient (Wildman–Crippen LogP) is 2.87. The Labute approximate surface area is 116 Å². The van der Waals surface area contributed by atoms with Gasteiger partial charge in [-0.3, -0.25) is 4.68 Å². The van der Waals surface area contributed by atoms with Gasteiger partial charge in [-0.05, 0) is 17.7 Å². The fourth-order valence-corrected chi connectivity index (χ4v) is 2.27. The molecular formula is C16H14N2O2. The van der Waals surface area contributed by atoms with E-state index in [9.17, 15) is 4.79 Å². The monoisotopic (exact) mass is 266 g/mol. The Morgan fingerprint density at radius 3 is 2.70 bits per heavy atom. The van der Waals surface area contributed by atoms with Crippen LogP contribution in [0.15, 0.2) is 54.7 Å². The third-order valence-electron chi connectivity index (χ3n) is 3.27. The van der Waals surface area contributed by atoms with Gasteiger partial charge < -0.3 is 4.74 Å². The quantitative estimate of drug-likeness (QED) is 0.685. The number of ether oxygens (including phenoxy) is 1. The highest BCUT2D eigenvalue weighted by Gasteiger charge is 2.13. The summed E-state index contributed by atoms with van der Waals surface area (Å²) in [5, 5.41) is 5.19. The molecule has 0 aliphatic carbocycles. The summed E-state index contributed by atoms with van der Waals surface area (Å²) >= 11 is 0. The maximum Gasteiger partial charge on any atom is 0.338 e. The predicted molar refractivity (Wildman–Crippen MR) is 76.6 cm³/mol. The lowest BCUT2D eigenvalue weighted by molar-refractivity contribution is 0.0603. The van der Waals surface area contributed by atoms with Crippen LogP contribution in [0.4, 0.5) is 0 Å². The summed E-state index contributed by atoms with van der Waals surface area (Å²) in [6.45, 7) is 0.676. The molecule has 0 N–H and O–H groups in total. The Balaban J connectivity index is 2.04. The number of methoxy groups -OCH3 is 1. The minimum Gasteiger partial charge on any atom is -0.465 e. The molecule has 2 aromatic carbocycles. The van der Waals surface area contributed by atoms with Gasteiger partial charge in [-0.2, -0.15) is 5.10 Å². The van der Waals surface area contributed by atoms with Crippen LogP contribution in [0.25, 0.3) is 10.9 Å². The van der Waals surface area contributed by atoms with Gasteiger partial charge in [-0.15, -0.1) is 0 Å². The van der Waals surface area contributed by atoms with Crippen molar-refractivity contribution >= 4 is 16.9 Å². The molecule has 0 saturated carbocycles. The molecule has 0 amide bonds. The second kappa shape index (κ2) is 5.17. The average molecular weight is 266 g/mol. The van der Waals surface area contributed by atoms with E-state index in [1.165, 1.54) is 12.7 Å². The molecule has 0 bridgehead atoms. The van der Waals surface area contributed by atoms with Crippen LogP contribution in [0.3, 0.4) is 0 Å². The molecule has 0 spiro atoms. The van der Waals surface area contributed by atoms with Crippen molar-refractivity contribution in [2.45, 2.75) is 6.54 Å². The number of esters is 1. The van der Waals surface area contributed by atoms with Gasteiger partial charge in [0.2, 0.25) is 0 Å². The van der Waals surface area contributed by atoms with Crippen LogP contribution >= 0.6 is 0 Å². The number of fused-ring (bicyclic) bond motifs is 1. The fraction of sp³-hybridized carbons (Fsp3) is 0.125. The van der Waals surface area contributed by atoms with Crippen LogP contribution in [-0.2, 0) is 11.3 Å². The van der Waals surface area contributed by atoms with E-state index in [2.05, 4.69) is 17.2 Å². The molecule has 0 aliphatic heterocycles. The van der Waals surface area contributed by atoms with Gasteiger partial charge >= 0.3 is 5.97 Å². The Bertz CT molecular complexity index is 748. The second-order valence-corrected chi connectivity index (χ2v) is 4.52. The van der Waals surface area contributed by atoms with E-state index in [1.807, 2.05) is 35.0 Å². The van der Waals surface area contributed by atoms with Crippen LogP contribution in [0.5, 0.6) is 0 Å². The molecule has 4 nitrogen and oxygen atoms in total. The van der Waals surface area contributed by atoms with Gasteiger partial charge in [-0.1, -0.05) is 36.4 Å². The number of rotatable bonds is 3. The molecule has 0 atom stereocenters. The molecule has 0 fully saturated rings. The number of benzene rings is 2. The summed E-state index contributed by atoms with van der Waals surface area (Å²) < 4.78 is 6.68. The van der Waals surface area contributed by atoms with E-state index >= 15 is 0 Å². The van der Waals surface area contributed by atoms with Gasteiger partial charge in [-0.25, -0.2) is 4.79 Å². The van der Waals surface area contributed by atoms with E-state index < -0.39 is 0 Å². The van der Waals surface area contributed by atoms with Gasteiger partial charge in [0.15, 0.2) is 0 Å². The third kappa shape index (κ3) is 2.16. The van der Waals surface area contributed by atoms with Crippen LogP contribution in [0.2, 0.25) is 0 Å². The zero-order chi connectivity index (χ0) is 13.9. The topological polar surface area (TPSA) is 44.1 Å². The Kier molecular flexibility index (Phi) is 3.21. The van der Waals surface area contributed by atoms with Crippen LogP contribution in [0.1, 0.15) is 15.9 Å². The molecule has 0 unspecified atom stereocenters. The van der Waals surface area contributed by atoms with Crippen molar-refractivity contribution in [3.05, 3.63) is 65.9 Å². The zero-order valence-corrected chi connectivity index (χ0v) is 11.1. The highest BCUT2D eigenvalue weighted by Crippen LogP contribution is 2.20. The van der Waals surface area contributed by atoms with E-state index in [-0.39, 0.29) is 5.97 Å². The lowest BCUT2D eigenvalue weighted by Crippen LogP contribution is -2.03. The molecule has 0 aliphatic rings. The Morgan fingerprint density at radius 2 is 1.95 bits per heavy atom. The van der Waals surface area contributed by atoms with Crippen molar-refractivity contribution in [3.8, 4) is 0 Å². The summed E-state index contributed by atoms with van der Waals surface area (Å²) in [6, 6.07) is 15.6. The smallest absolute Gasteiger partial charge is 0.338 e. The molecule has 1 heterocycles. The summed E-state index contributed by atoms with van der Waals surface area (Å²) in [6.07, 6.45) is 1.71. The first-order valence-electron chi connectivity index (χ1n) is 6.36. The molecular weight excluding hydrogens is 252 g/mol. The summed E-state index contributed by atoms with van der Waals surface area (Å²) in [7, 11) is 1.38. The van der Waals surface area contributed by atoms with E-state index in [0.29, 0.717) is 12.1 Å². The van der Waals surface area contributed by atoms with Crippen molar-refractivity contribution < 1.29 is 9.53 Å². The highest BCUT2D eigenvalue weighted by molar-refractivity contribution is 6.03. The summed E-state index contributed by atoms with van der Waals surface area (Å²) in [4.78, 5) is 11.7. The van der Waals surface area contributed by atoms with E-state index in [0.717, 1.165) is 10.9 Å². The summed E-state index contributed by atoms with van der Waals surface area (Å²) in [5.74, 6) is -0.338. The molecule has 0 radical (unpaired) electrons. The first-order chi connectivity index (χ1) is 9.79. The number of hydrogen-bond donors (Lipinski definition) is 0. The van der Waals surface area contributed by atoms with Crippen molar-refractivity contribution in [1.82, 2.24) is 9.78 Å². The third-order valence-corrected chi connectivity index (χ3v) is 3.27. The minimum atomic E-state index is -0.338. The van der Waals surface area contributed by atoms with Crippen molar-refractivity contribution in [2.24, 2.45) is 0 Å². The fourth-order valence-electron chi connectivity index (χ4n) is 2.27.